The van der Waals surface area contributed by atoms with Crippen molar-refractivity contribution in [2.24, 2.45) is 11.7 Å². The minimum absolute atomic E-state index is 0.122. The van der Waals surface area contributed by atoms with Crippen LogP contribution in [0.3, 0.4) is 0 Å². The number of likely N-dealkylation sites (tertiary alicyclic amines) is 1. The highest BCUT2D eigenvalue weighted by molar-refractivity contribution is 7.10. The average molecular weight is 292 g/mol. The molecule has 20 heavy (non-hydrogen) atoms. The molecule has 3 rings (SSSR count). The van der Waals surface area contributed by atoms with Crippen LogP contribution in [-0.2, 0) is 11.2 Å². The van der Waals surface area contributed by atoms with Crippen molar-refractivity contribution in [2.45, 2.75) is 51.0 Å². The van der Waals surface area contributed by atoms with Crippen LogP contribution < -0.4 is 5.73 Å². The zero-order valence-corrected chi connectivity index (χ0v) is 13.0. The van der Waals surface area contributed by atoms with E-state index in [0.717, 1.165) is 45.2 Å². The normalized spacial score (nSPS) is 25.3. The van der Waals surface area contributed by atoms with Crippen LogP contribution >= 0.6 is 11.3 Å². The number of nitrogens with two attached hydrogens (primary N) is 1. The van der Waals surface area contributed by atoms with Gasteiger partial charge in [0, 0.05) is 24.0 Å². The molecule has 1 aromatic heterocycles. The number of hydrogen-bond donors (Lipinski definition) is 1. The van der Waals surface area contributed by atoms with E-state index in [-0.39, 0.29) is 12.0 Å². The van der Waals surface area contributed by atoms with E-state index in [0.29, 0.717) is 11.8 Å². The Hall–Kier alpha value is -0.870. The third-order valence-electron chi connectivity index (χ3n) is 4.94. The zero-order chi connectivity index (χ0) is 14.1. The molecule has 2 N–H and O–H groups in total. The number of carbonyl (C=O) groups excluding carboxylic acids is 1. The maximum Gasteiger partial charge on any atom is 0.230 e. The summed E-state index contributed by atoms with van der Waals surface area (Å²) in [6, 6.07) is 2.42. The molecular weight excluding hydrogens is 268 g/mol. The molecule has 2 atom stereocenters. The Balaban J connectivity index is 1.66. The number of fused-ring (bicyclic) bond motifs is 1. The van der Waals surface area contributed by atoms with Crippen LogP contribution in [0.4, 0.5) is 0 Å². The van der Waals surface area contributed by atoms with Crippen LogP contribution in [0, 0.1) is 5.92 Å². The maximum absolute atomic E-state index is 12.8. The summed E-state index contributed by atoms with van der Waals surface area (Å²) in [5.74, 6) is 1.06. The summed E-state index contributed by atoms with van der Waals surface area (Å²) in [5.41, 5.74) is 7.28. The Bertz CT molecular complexity index is 475. The number of piperidine rings is 1. The molecular formula is C16H24N2OS. The molecule has 3 nitrogen and oxygen atoms in total. The second-order valence-corrected chi connectivity index (χ2v) is 7.27. The standard InChI is InChI=1S/C16H24N2OS/c1-11(17)12-5-8-18(9-6-12)16(19)14-3-2-4-15-13(14)7-10-20-15/h7,10-12,14H,2-6,8-9,17H2,1H3. The van der Waals surface area contributed by atoms with Crippen LogP contribution in [0.15, 0.2) is 11.4 Å². The van der Waals surface area contributed by atoms with Gasteiger partial charge in [0.2, 0.25) is 5.91 Å². The molecule has 0 radical (unpaired) electrons. The van der Waals surface area contributed by atoms with Gasteiger partial charge in [0.05, 0.1) is 5.92 Å². The SMILES string of the molecule is CC(N)C1CCN(C(=O)C2CCCc3sccc32)CC1. The summed E-state index contributed by atoms with van der Waals surface area (Å²) in [7, 11) is 0. The smallest absolute Gasteiger partial charge is 0.230 e. The van der Waals surface area contributed by atoms with Gasteiger partial charge in [-0.25, -0.2) is 0 Å². The van der Waals surface area contributed by atoms with Crippen LogP contribution in [0.5, 0.6) is 0 Å². The van der Waals surface area contributed by atoms with E-state index in [1.165, 1.54) is 10.4 Å². The van der Waals surface area contributed by atoms with Crippen molar-refractivity contribution in [1.29, 1.82) is 0 Å². The predicted octanol–water partition coefficient (Wildman–Crippen LogP) is 2.75. The van der Waals surface area contributed by atoms with Gasteiger partial charge in [-0.15, -0.1) is 11.3 Å². The molecule has 2 heterocycles. The van der Waals surface area contributed by atoms with Gasteiger partial charge in [0.1, 0.15) is 0 Å². The van der Waals surface area contributed by atoms with E-state index in [1.807, 2.05) is 11.3 Å². The monoisotopic (exact) mass is 292 g/mol. The van der Waals surface area contributed by atoms with Crippen LogP contribution in [0.25, 0.3) is 0 Å². The molecule has 1 aliphatic heterocycles. The fourth-order valence-electron chi connectivity index (χ4n) is 3.61. The molecule has 0 spiro atoms. The van der Waals surface area contributed by atoms with Gasteiger partial charge in [-0.1, -0.05) is 0 Å². The summed E-state index contributed by atoms with van der Waals surface area (Å²) >= 11 is 1.81. The molecule has 1 amide bonds. The average Bonchev–Trinajstić information content (AvgIpc) is 2.95. The molecule has 4 heteroatoms. The minimum Gasteiger partial charge on any atom is -0.342 e. The molecule has 1 saturated heterocycles. The highest BCUT2D eigenvalue weighted by Gasteiger charge is 2.32. The predicted molar refractivity (Wildman–Crippen MR) is 83.0 cm³/mol. The number of aryl methyl sites for hydroxylation is 1. The van der Waals surface area contributed by atoms with Gasteiger partial charge in [-0.05, 0) is 62.0 Å². The first-order valence-electron chi connectivity index (χ1n) is 7.77. The first-order chi connectivity index (χ1) is 9.66. The summed E-state index contributed by atoms with van der Waals surface area (Å²) < 4.78 is 0. The topological polar surface area (TPSA) is 46.3 Å². The lowest BCUT2D eigenvalue weighted by Crippen LogP contribution is -2.44. The summed E-state index contributed by atoms with van der Waals surface area (Å²) in [6.45, 7) is 3.86. The summed E-state index contributed by atoms with van der Waals surface area (Å²) in [6.07, 6.45) is 5.46. The lowest BCUT2D eigenvalue weighted by Gasteiger charge is -2.36. The Kier molecular flexibility index (Phi) is 4.13. The molecule has 0 bridgehead atoms. The van der Waals surface area contributed by atoms with Crippen molar-refractivity contribution in [1.82, 2.24) is 4.90 Å². The van der Waals surface area contributed by atoms with Gasteiger partial charge in [0.15, 0.2) is 0 Å². The maximum atomic E-state index is 12.8. The van der Waals surface area contributed by atoms with Gasteiger partial charge in [-0.3, -0.25) is 4.79 Å². The zero-order valence-electron chi connectivity index (χ0n) is 12.2. The Morgan fingerprint density at radius 3 is 2.85 bits per heavy atom. The van der Waals surface area contributed by atoms with E-state index >= 15 is 0 Å². The van der Waals surface area contributed by atoms with Crippen molar-refractivity contribution in [3.05, 3.63) is 21.9 Å². The van der Waals surface area contributed by atoms with E-state index in [2.05, 4.69) is 23.3 Å². The third-order valence-corrected chi connectivity index (χ3v) is 5.94. The third kappa shape index (κ3) is 2.63. The molecule has 110 valence electrons. The highest BCUT2D eigenvalue weighted by Crippen LogP contribution is 2.36. The number of amides is 1. The van der Waals surface area contributed by atoms with Crippen molar-refractivity contribution >= 4 is 17.2 Å². The van der Waals surface area contributed by atoms with E-state index < -0.39 is 0 Å². The molecule has 1 fully saturated rings. The molecule has 1 aromatic rings. The van der Waals surface area contributed by atoms with Gasteiger partial charge in [-0.2, -0.15) is 0 Å². The van der Waals surface area contributed by atoms with E-state index in [9.17, 15) is 4.79 Å². The van der Waals surface area contributed by atoms with Crippen molar-refractivity contribution < 1.29 is 4.79 Å². The minimum atomic E-state index is 0.122. The van der Waals surface area contributed by atoms with Crippen LogP contribution in [0.1, 0.15) is 49.0 Å². The molecule has 2 unspecified atom stereocenters. The number of rotatable bonds is 2. The molecule has 0 saturated carbocycles. The lowest BCUT2D eigenvalue weighted by atomic mass is 9.85. The van der Waals surface area contributed by atoms with Crippen LogP contribution in [-0.4, -0.2) is 29.9 Å². The Morgan fingerprint density at radius 1 is 1.40 bits per heavy atom. The van der Waals surface area contributed by atoms with Gasteiger partial charge in [0.25, 0.3) is 0 Å². The van der Waals surface area contributed by atoms with Crippen molar-refractivity contribution in [3.8, 4) is 0 Å². The highest BCUT2D eigenvalue weighted by atomic mass is 32.1. The first-order valence-corrected chi connectivity index (χ1v) is 8.65. The molecule has 2 aliphatic rings. The van der Waals surface area contributed by atoms with Gasteiger partial charge < -0.3 is 10.6 Å². The number of hydrogen-bond acceptors (Lipinski definition) is 3. The lowest BCUT2D eigenvalue weighted by molar-refractivity contribution is -0.134. The number of carbonyl (C=O) groups is 1. The molecule has 0 aromatic carbocycles. The summed E-state index contributed by atoms with van der Waals surface area (Å²) in [4.78, 5) is 16.3. The van der Waals surface area contributed by atoms with Crippen LogP contribution in [0.2, 0.25) is 0 Å². The second-order valence-electron chi connectivity index (χ2n) is 6.27. The number of nitrogens with zero attached hydrogens (tertiary/aromatic N) is 1. The van der Waals surface area contributed by atoms with E-state index in [1.54, 1.807) is 0 Å². The first kappa shape index (κ1) is 14.1. The second kappa shape index (κ2) is 5.86. The quantitative estimate of drug-likeness (QED) is 0.911. The van der Waals surface area contributed by atoms with E-state index in [4.69, 9.17) is 5.73 Å². The van der Waals surface area contributed by atoms with Crippen molar-refractivity contribution in [3.63, 3.8) is 0 Å². The van der Waals surface area contributed by atoms with Crippen molar-refractivity contribution in [2.75, 3.05) is 13.1 Å². The Morgan fingerprint density at radius 2 is 2.15 bits per heavy atom. The summed E-state index contributed by atoms with van der Waals surface area (Å²) in [5, 5.41) is 2.14. The fourth-order valence-corrected chi connectivity index (χ4v) is 4.60. The number of thiophene rings is 1. The molecule has 1 aliphatic carbocycles. The largest absolute Gasteiger partial charge is 0.342 e. The van der Waals surface area contributed by atoms with Gasteiger partial charge >= 0.3 is 0 Å². The Labute approximate surface area is 125 Å². The fraction of sp³-hybridized carbons (Fsp3) is 0.688.